The molecular formula is C23H26N2O4. The van der Waals surface area contributed by atoms with E-state index in [2.05, 4.69) is 17.0 Å². The zero-order chi connectivity index (χ0) is 20.4. The highest BCUT2D eigenvalue weighted by atomic mass is 16.5. The van der Waals surface area contributed by atoms with Crippen molar-refractivity contribution in [2.24, 2.45) is 0 Å². The number of aryl methyl sites for hydroxylation is 1. The van der Waals surface area contributed by atoms with Gasteiger partial charge >= 0.3 is 0 Å². The molecule has 152 valence electrons. The molecule has 2 heterocycles. The molecule has 1 saturated heterocycles. The molecule has 1 amide bonds. The number of nitrogens with zero attached hydrogens (tertiary/aromatic N) is 2. The van der Waals surface area contributed by atoms with Crippen molar-refractivity contribution >= 4 is 22.6 Å². The Bertz CT molecular complexity index is 1000. The van der Waals surface area contributed by atoms with Crippen molar-refractivity contribution in [2.75, 3.05) is 44.8 Å². The number of methoxy groups -OCH3 is 1. The zero-order valence-electron chi connectivity index (χ0n) is 17.1. The maximum absolute atomic E-state index is 13.1. The number of fused-ring (bicyclic) bond motifs is 1. The number of hydrogen-bond acceptors (Lipinski definition) is 5. The lowest BCUT2D eigenvalue weighted by Gasteiger charge is -2.35. The van der Waals surface area contributed by atoms with Gasteiger partial charge in [0.1, 0.15) is 17.1 Å². The number of anilines is 1. The number of carbonyl (C=O) groups excluding carboxylic acids is 1. The minimum absolute atomic E-state index is 0.0500. The lowest BCUT2D eigenvalue weighted by atomic mass is 10.1. The second kappa shape index (κ2) is 8.07. The van der Waals surface area contributed by atoms with Crippen LogP contribution in [0, 0.1) is 6.92 Å². The predicted molar refractivity (Wildman–Crippen MR) is 113 cm³/mol. The van der Waals surface area contributed by atoms with Gasteiger partial charge in [-0.1, -0.05) is 0 Å². The number of hydrogen-bond donors (Lipinski definition) is 0. The number of furan rings is 1. The van der Waals surface area contributed by atoms with E-state index < -0.39 is 0 Å². The van der Waals surface area contributed by atoms with Gasteiger partial charge in [0.2, 0.25) is 0 Å². The topological polar surface area (TPSA) is 55.2 Å². The fourth-order valence-electron chi connectivity index (χ4n) is 3.76. The molecule has 0 radical (unpaired) electrons. The molecule has 0 aliphatic carbocycles. The van der Waals surface area contributed by atoms with Crippen LogP contribution in [0.2, 0.25) is 0 Å². The highest BCUT2D eigenvalue weighted by molar-refractivity contribution is 5.99. The SMILES string of the molecule is CCOc1ccc2oc(C(=O)N3CCN(c4ccc(OC)cc4)CC3)c(C)c2c1. The highest BCUT2D eigenvalue weighted by Gasteiger charge is 2.27. The first-order valence-corrected chi connectivity index (χ1v) is 9.95. The van der Waals surface area contributed by atoms with Gasteiger partial charge in [0.25, 0.3) is 5.91 Å². The highest BCUT2D eigenvalue weighted by Crippen LogP contribution is 2.30. The summed E-state index contributed by atoms with van der Waals surface area (Å²) >= 11 is 0. The largest absolute Gasteiger partial charge is 0.497 e. The molecule has 6 heteroatoms. The number of carbonyl (C=O) groups is 1. The minimum Gasteiger partial charge on any atom is -0.497 e. The summed E-state index contributed by atoms with van der Waals surface area (Å²) in [5.41, 5.74) is 2.72. The van der Waals surface area contributed by atoms with Crippen LogP contribution in [-0.2, 0) is 0 Å². The Morgan fingerprint density at radius 1 is 1.03 bits per heavy atom. The number of ether oxygens (including phenoxy) is 2. The van der Waals surface area contributed by atoms with Gasteiger partial charge in [-0.15, -0.1) is 0 Å². The number of piperazine rings is 1. The smallest absolute Gasteiger partial charge is 0.290 e. The molecule has 6 nitrogen and oxygen atoms in total. The van der Waals surface area contributed by atoms with Crippen LogP contribution >= 0.6 is 0 Å². The van der Waals surface area contributed by atoms with Gasteiger partial charge in [-0.05, 0) is 56.3 Å². The molecule has 4 rings (SSSR count). The van der Waals surface area contributed by atoms with E-state index in [4.69, 9.17) is 13.9 Å². The monoisotopic (exact) mass is 394 g/mol. The van der Waals surface area contributed by atoms with Gasteiger partial charge in [0.05, 0.1) is 13.7 Å². The number of amides is 1. The fraction of sp³-hybridized carbons (Fsp3) is 0.348. The Morgan fingerprint density at radius 3 is 2.38 bits per heavy atom. The van der Waals surface area contributed by atoms with E-state index in [1.807, 2.05) is 49.1 Å². The Hall–Kier alpha value is -3.15. The molecule has 0 spiro atoms. The summed E-state index contributed by atoms with van der Waals surface area (Å²) in [5, 5.41) is 0.927. The van der Waals surface area contributed by atoms with E-state index >= 15 is 0 Å². The maximum Gasteiger partial charge on any atom is 0.290 e. The quantitative estimate of drug-likeness (QED) is 0.652. The normalized spacial score (nSPS) is 14.3. The van der Waals surface area contributed by atoms with Crippen LogP contribution in [0.1, 0.15) is 23.0 Å². The molecule has 29 heavy (non-hydrogen) atoms. The van der Waals surface area contributed by atoms with E-state index in [9.17, 15) is 4.79 Å². The van der Waals surface area contributed by atoms with Crippen molar-refractivity contribution in [1.29, 1.82) is 0 Å². The number of rotatable bonds is 5. The van der Waals surface area contributed by atoms with Crippen molar-refractivity contribution in [3.05, 3.63) is 53.8 Å². The second-order valence-electron chi connectivity index (χ2n) is 7.12. The van der Waals surface area contributed by atoms with Gasteiger partial charge < -0.3 is 23.7 Å². The van der Waals surface area contributed by atoms with E-state index in [0.29, 0.717) is 31.0 Å². The molecule has 1 aliphatic rings. The summed E-state index contributed by atoms with van der Waals surface area (Å²) in [6, 6.07) is 13.7. The van der Waals surface area contributed by atoms with Gasteiger partial charge in [-0.2, -0.15) is 0 Å². The summed E-state index contributed by atoms with van der Waals surface area (Å²) in [7, 11) is 1.66. The summed E-state index contributed by atoms with van der Waals surface area (Å²) in [6.07, 6.45) is 0. The molecule has 1 aromatic heterocycles. The van der Waals surface area contributed by atoms with E-state index in [-0.39, 0.29) is 5.91 Å². The van der Waals surface area contributed by atoms with Gasteiger partial charge in [0, 0.05) is 42.8 Å². The van der Waals surface area contributed by atoms with E-state index in [0.717, 1.165) is 41.2 Å². The predicted octanol–water partition coefficient (Wildman–Crippen LogP) is 4.11. The Kier molecular flexibility index (Phi) is 5.34. The fourth-order valence-corrected chi connectivity index (χ4v) is 3.76. The molecule has 2 aromatic carbocycles. The standard InChI is InChI=1S/C23H26N2O4/c1-4-28-19-9-10-21-20(15-19)16(2)22(29-21)23(26)25-13-11-24(12-14-25)17-5-7-18(27-3)8-6-17/h5-10,15H,4,11-14H2,1-3H3. The Balaban J connectivity index is 1.47. The van der Waals surface area contributed by atoms with Gasteiger partial charge in [-0.25, -0.2) is 0 Å². The van der Waals surface area contributed by atoms with Crippen LogP contribution in [0.5, 0.6) is 11.5 Å². The van der Waals surface area contributed by atoms with Crippen LogP contribution in [0.25, 0.3) is 11.0 Å². The summed E-state index contributed by atoms with van der Waals surface area (Å²) in [4.78, 5) is 17.2. The molecule has 0 atom stereocenters. The van der Waals surface area contributed by atoms with Crippen LogP contribution in [0.15, 0.2) is 46.9 Å². The zero-order valence-corrected chi connectivity index (χ0v) is 17.1. The second-order valence-corrected chi connectivity index (χ2v) is 7.12. The average Bonchev–Trinajstić information content (AvgIpc) is 3.10. The molecule has 0 bridgehead atoms. The first kappa shape index (κ1) is 19.2. The van der Waals surface area contributed by atoms with E-state index in [1.54, 1.807) is 7.11 Å². The van der Waals surface area contributed by atoms with E-state index in [1.165, 1.54) is 0 Å². The molecule has 3 aromatic rings. The third kappa shape index (κ3) is 3.75. The summed E-state index contributed by atoms with van der Waals surface area (Å²) in [5.74, 6) is 2.00. The third-order valence-electron chi connectivity index (χ3n) is 5.42. The van der Waals surface area contributed by atoms with Crippen LogP contribution in [0.3, 0.4) is 0 Å². The third-order valence-corrected chi connectivity index (χ3v) is 5.42. The van der Waals surface area contributed by atoms with Gasteiger partial charge in [0.15, 0.2) is 5.76 Å². The minimum atomic E-state index is -0.0500. The van der Waals surface area contributed by atoms with Crippen molar-refractivity contribution in [1.82, 2.24) is 4.90 Å². The lowest BCUT2D eigenvalue weighted by Crippen LogP contribution is -2.48. The van der Waals surface area contributed by atoms with Crippen LogP contribution in [-0.4, -0.2) is 50.7 Å². The first-order chi connectivity index (χ1) is 14.1. The molecular weight excluding hydrogens is 368 g/mol. The Morgan fingerprint density at radius 2 is 1.72 bits per heavy atom. The first-order valence-electron chi connectivity index (χ1n) is 9.95. The van der Waals surface area contributed by atoms with Crippen LogP contribution < -0.4 is 14.4 Å². The summed E-state index contributed by atoms with van der Waals surface area (Å²) in [6.45, 7) is 7.37. The van der Waals surface area contributed by atoms with Gasteiger partial charge in [-0.3, -0.25) is 4.79 Å². The Labute approximate surface area is 170 Å². The molecule has 0 N–H and O–H groups in total. The summed E-state index contributed by atoms with van der Waals surface area (Å²) < 4.78 is 16.7. The molecule has 0 saturated carbocycles. The maximum atomic E-state index is 13.1. The van der Waals surface area contributed by atoms with Crippen molar-refractivity contribution in [3.8, 4) is 11.5 Å². The lowest BCUT2D eigenvalue weighted by molar-refractivity contribution is 0.0716. The molecule has 1 aliphatic heterocycles. The number of benzene rings is 2. The van der Waals surface area contributed by atoms with Crippen molar-refractivity contribution in [3.63, 3.8) is 0 Å². The van der Waals surface area contributed by atoms with Crippen molar-refractivity contribution < 1.29 is 18.7 Å². The van der Waals surface area contributed by atoms with Crippen LogP contribution in [0.4, 0.5) is 5.69 Å². The average molecular weight is 394 g/mol. The molecule has 1 fully saturated rings. The van der Waals surface area contributed by atoms with Crippen molar-refractivity contribution in [2.45, 2.75) is 13.8 Å². The molecule has 0 unspecified atom stereocenters.